The number of benzene rings is 4. The van der Waals surface area contributed by atoms with Crippen LogP contribution in [0.2, 0.25) is 0 Å². The summed E-state index contributed by atoms with van der Waals surface area (Å²) < 4.78 is 92.8. The summed E-state index contributed by atoms with van der Waals surface area (Å²) >= 11 is 0. The maximum absolute atomic E-state index is 12.7. The van der Waals surface area contributed by atoms with Gasteiger partial charge >= 0.3 is 0 Å². The number of aryl methyl sites for hydroxylation is 2. The maximum atomic E-state index is 12.7. The molecular weight excluding hydrogens is 643 g/mol. The van der Waals surface area contributed by atoms with Gasteiger partial charge in [-0.1, -0.05) is 35.4 Å². The van der Waals surface area contributed by atoms with Crippen LogP contribution in [0.1, 0.15) is 11.1 Å². The van der Waals surface area contributed by atoms with Crippen LogP contribution < -0.4 is 4.90 Å². The summed E-state index contributed by atoms with van der Waals surface area (Å²) in [5, 5.41) is 8.18. The second kappa shape index (κ2) is 14.4. The molecule has 0 spiro atoms. The molecule has 0 heterocycles. The third-order valence-corrected chi connectivity index (χ3v) is 9.97. The van der Waals surface area contributed by atoms with E-state index in [-0.39, 0.29) is 41.0 Å². The van der Waals surface area contributed by atoms with Crippen LogP contribution in [-0.4, -0.2) is 56.1 Å². The monoisotopic (exact) mass is 673 g/mol. The Balaban J connectivity index is 1.46. The largest absolute Gasteiger partial charge is 0.367 e. The fourth-order valence-electron chi connectivity index (χ4n) is 3.96. The third-order valence-electron chi connectivity index (χ3n) is 6.45. The predicted octanol–water partition coefficient (Wildman–Crippen LogP) is 5.58. The van der Waals surface area contributed by atoms with E-state index in [0.717, 1.165) is 11.1 Å². The van der Waals surface area contributed by atoms with Crippen LogP contribution in [0.3, 0.4) is 0 Å². The SMILES string of the molecule is Cc1ccc(S(=O)(=O)OCCN(CCOS(=O)(=O)c2ccc(C)cc2)c2ccc(N=Nc3ccc(S(=O)(=O)O)cc3)cc2)cc1. The van der Waals surface area contributed by atoms with Crippen LogP contribution in [0.15, 0.2) is 122 Å². The molecule has 0 amide bonds. The summed E-state index contributed by atoms with van der Waals surface area (Å²) in [6.45, 7) is 3.41. The highest BCUT2D eigenvalue weighted by Gasteiger charge is 2.18. The van der Waals surface area contributed by atoms with Gasteiger partial charge in [-0.15, -0.1) is 0 Å². The van der Waals surface area contributed by atoms with E-state index in [4.69, 9.17) is 12.9 Å². The van der Waals surface area contributed by atoms with Crippen molar-refractivity contribution in [2.45, 2.75) is 28.5 Å². The van der Waals surface area contributed by atoms with Gasteiger partial charge < -0.3 is 4.90 Å². The lowest BCUT2D eigenvalue weighted by Gasteiger charge is -2.24. The van der Waals surface area contributed by atoms with Gasteiger partial charge in [0, 0.05) is 18.8 Å². The van der Waals surface area contributed by atoms with Crippen LogP contribution in [-0.2, 0) is 38.7 Å². The molecule has 0 radical (unpaired) electrons. The van der Waals surface area contributed by atoms with E-state index in [9.17, 15) is 25.3 Å². The molecule has 0 atom stereocenters. The minimum atomic E-state index is -4.32. The summed E-state index contributed by atoms with van der Waals surface area (Å²) in [4.78, 5) is 1.49. The quantitative estimate of drug-likeness (QED) is 0.101. The highest BCUT2D eigenvalue weighted by Crippen LogP contribution is 2.24. The first-order valence-electron chi connectivity index (χ1n) is 13.5. The van der Waals surface area contributed by atoms with Gasteiger partial charge in [0.2, 0.25) is 0 Å². The van der Waals surface area contributed by atoms with Crippen LogP contribution in [0.25, 0.3) is 0 Å². The molecule has 0 bridgehead atoms. The van der Waals surface area contributed by atoms with Crippen LogP contribution in [0.5, 0.6) is 0 Å². The molecule has 4 rings (SSSR count). The van der Waals surface area contributed by atoms with Crippen molar-refractivity contribution in [2.24, 2.45) is 10.2 Å². The van der Waals surface area contributed by atoms with E-state index in [1.807, 2.05) is 13.8 Å². The van der Waals surface area contributed by atoms with Gasteiger partial charge in [-0.3, -0.25) is 12.9 Å². The minimum Gasteiger partial charge on any atom is -0.367 e. The first-order chi connectivity index (χ1) is 21.2. The highest BCUT2D eigenvalue weighted by atomic mass is 32.2. The number of azo groups is 1. The Morgan fingerprint density at radius 3 is 1.29 bits per heavy atom. The number of rotatable bonds is 14. The fourth-order valence-corrected chi connectivity index (χ4v) is 6.24. The topological polar surface area (TPSA) is 169 Å². The van der Waals surface area contributed by atoms with Crippen molar-refractivity contribution in [3.8, 4) is 0 Å². The lowest BCUT2D eigenvalue weighted by molar-refractivity contribution is 0.306. The number of anilines is 1. The van der Waals surface area contributed by atoms with Crippen molar-refractivity contribution in [1.82, 2.24) is 0 Å². The summed E-state index contributed by atoms with van der Waals surface area (Å²) in [5.41, 5.74) is 3.22. The maximum Gasteiger partial charge on any atom is 0.297 e. The van der Waals surface area contributed by atoms with E-state index in [0.29, 0.717) is 17.1 Å². The first kappa shape index (κ1) is 33.9. The second-order valence-corrected chi connectivity index (χ2v) is 14.5. The molecule has 45 heavy (non-hydrogen) atoms. The molecule has 15 heteroatoms. The average Bonchev–Trinajstić information content (AvgIpc) is 3.00. The molecule has 0 fully saturated rings. The molecule has 238 valence electrons. The Labute approximate surface area is 263 Å². The summed E-state index contributed by atoms with van der Waals surface area (Å²) in [7, 11) is -12.4. The molecular formula is C30H31N3O9S3. The first-order valence-corrected chi connectivity index (χ1v) is 17.8. The van der Waals surface area contributed by atoms with E-state index in [1.54, 1.807) is 53.4 Å². The smallest absolute Gasteiger partial charge is 0.297 e. The highest BCUT2D eigenvalue weighted by molar-refractivity contribution is 7.87. The van der Waals surface area contributed by atoms with Crippen molar-refractivity contribution in [3.63, 3.8) is 0 Å². The number of nitrogens with zero attached hydrogens (tertiary/aromatic N) is 3. The predicted molar refractivity (Wildman–Crippen MR) is 168 cm³/mol. The Bertz CT molecular complexity index is 1860. The molecule has 1 N–H and O–H groups in total. The minimum absolute atomic E-state index is 0.0227. The Kier molecular flexibility index (Phi) is 10.9. The van der Waals surface area contributed by atoms with Gasteiger partial charge in [0.25, 0.3) is 30.4 Å². The van der Waals surface area contributed by atoms with Crippen LogP contribution >= 0.6 is 0 Å². The van der Waals surface area contributed by atoms with Crippen molar-refractivity contribution < 1.29 is 38.2 Å². The van der Waals surface area contributed by atoms with E-state index in [1.165, 1.54) is 48.5 Å². The molecule has 12 nitrogen and oxygen atoms in total. The summed E-state index contributed by atoms with van der Waals surface area (Å²) in [6.07, 6.45) is 0. The third kappa shape index (κ3) is 9.75. The molecule has 0 aliphatic heterocycles. The standard InChI is InChI=1S/C30H31N3O9S3/c1-23-3-13-29(14-4-23)44(37,38)41-21-19-33(20-22-42-45(39,40)30-15-5-24(2)6-16-30)27-11-7-25(8-12-27)31-32-26-9-17-28(18-10-26)43(34,35)36/h3-18H,19-22H2,1-2H3,(H,34,35,36). The molecule has 0 saturated heterocycles. The zero-order chi connectivity index (χ0) is 32.7. The van der Waals surface area contributed by atoms with Gasteiger partial charge in [0.05, 0.1) is 39.3 Å². The van der Waals surface area contributed by atoms with Gasteiger partial charge in [-0.25, -0.2) is 0 Å². The van der Waals surface area contributed by atoms with E-state index >= 15 is 0 Å². The van der Waals surface area contributed by atoms with Crippen LogP contribution in [0.4, 0.5) is 17.1 Å². The Hall–Kier alpha value is -3.99. The summed E-state index contributed by atoms with van der Waals surface area (Å²) in [5.74, 6) is 0. The van der Waals surface area contributed by atoms with Crippen molar-refractivity contribution in [3.05, 3.63) is 108 Å². The molecule has 0 aromatic heterocycles. The number of hydrogen-bond donors (Lipinski definition) is 1. The molecule has 0 aliphatic rings. The fraction of sp³-hybridized carbons (Fsp3) is 0.200. The van der Waals surface area contributed by atoms with E-state index in [2.05, 4.69) is 10.2 Å². The van der Waals surface area contributed by atoms with Crippen LogP contribution in [0, 0.1) is 13.8 Å². The van der Waals surface area contributed by atoms with Gasteiger partial charge in [-0.2, -0.15) is 35.5 Å². The summed E-state index contributed by atoms with van der Waals surface area (Å²) in [6, 6.07) is 24.4. The van der Waals surface area contributed by atoms with Gasteiger partial charge in [0.1, 0.15) is 0 Å². The normalized spacial score (nSPS) is 12.4. The van der Waals surface area contributed by atoms with Crippen molar-refractivity contribution in [2.75, 3.05) is 31.2 Å². The van der Waals surface area contributed by atoms with Gasteiger partial charge in [0.15, 0.2) is 0 Å². The lowest BCUT2D eigenvalue weighted by Crippen LogP contribution is -2.32. The molecule has 0 saturated carbocycles. The Morgan fingerprint density at radius 1 is 0.556 bits per heavy atom. The lowest BCUT2D eigenvalue weighted by atomic mass is 10.2. The van der Waals surface area contributed by atoms with E-state index < -0.39 is 30.4 Å². The number of hydrogen-bond acceptors (Lipinski definition) is 11. The Morgan fingerprint density at radius 2 is 0.911 bits per heavy atom. The zero-order valence-corrected chi connectivity index (χ0v) is 26.8. The molecule has 0 aliphatic carbocycles. The van der Waals surface area contributed by atoms with Gasteiger partial charge in [-0.05, 0) is 86.6 Å². The van der Waals surface area contributed by atoms with Crippen molar-refractivity contribution in [1.29, 1.82) is 0 Å². The second-order valence-electron chi connectivity index (χ2n) is 9.85. The molecule has 4 aromatic rings. The average molecular weight is 674 g/mol. The molecule has 0 unspecified atom stereocenters. The molecule has 4 aromatic carbocycles. The zero-order valence-electron chi connectivity index (χ0n) is 24.3. The van der Waals surface area contributed by atoms with Crippen molar-refractivity contribution >= 4 is 47.4 Å².